The normalized spacial score (nSPS) is 16.6. The van der Waals surface area contributed by atoms with Crippen molar-refractivity contribution in [1.29, 1.82) is 0 Å². The molecule has 16 heavy (non-hydrogen) atoms. The molecule has 1 amide bonds. The Morgan fingerprint density at radius 2 is 1.94 bits per heavy atom. The molecule has 0 N–H and O–H groups in total. The number of Topliss-reactive ketones (excluding diaryl/α,β-unsaturated/α-hetero) is 1. The van der Waals surface area contributed by atoms with E-state index in [0.29, 0.717) is 40.2 Å². The van der Waals surface area contributed by atoms with E-state index in [4.69, 9.17) is 23.2 Å². The van der Waals surface area contributed by atoms with Gasteiger partial charge < -0.3 is 4.90 Å². The molecule has 1 aromatic rings. The van der Waals surface area contributed by atoms with Gasteiger partial charge in [-0.15, -0.1) is 11.3 Å². The van der Waals surface area contributed by atoms with Crippen LogP contribution in [0.25, 0.3) is 0 Å². The van der Waals surface area contributed by atoms with Crippen molar-refractivity contribution in [3.63, 3.8) is 0 Å². The summed E-state index contributed by atoms with van der Waals surface area (Å²) in [5.41, 5.74) is 0.436. The van der Waals surface area contributed by atoms with Crippen LogP contribution in [0.4, 0.5) is 0 Å². The fraction of sp³-hybridized carbons (Fsp3) is 0.400. The van der Waals surface area contributed by atoms with E-state index in [1.165, 1.54) is 11.3 Å². The molecule has 6 heteroatoms. The summed E-state index contributed by atoms with van der Waals surface area (Å²) in [7, 11) is 0. The third-order valence-electron chi connectivity index (χ3n) is 2.50. The number of likely N-dealkylation sites (tertiary alicyclic amines) is 1. The fourth-order valence-electron chi connectivity index (χ4n) is 1.62. The molecule has 0 saturated carbocycles. The average Bonchev–Trinajstić information content (AvgIpc) is 2.58. The zero-order valence-corrected chi connectivity index (χ0v) is 10.7. The molecule has 1 aromatic heterocycles. The van der Waals surface area contributed by atoms with E-state index >= 15 is 0 Å². The zero-order chi connectivity index (χ0) is 11.7. The summed E-state index contributed by atoms with van der Waals surface area (Å²) in [6.07, 6.45) is 0.864. The summed E-state index contributed by atoms with van der Waals surface area (Å²) in [5, 5.41) is 0. The molecule has 2 heterocycles. The third-order valence-corrected chi connectivity index (χ3v) is 3.98. The van der Waals surface area contributed by atoms with Gasteiger partial charge in [0.15, 0.2) is 0 Å². The Morgan fingerprint density at radius 1 is 1.31 bits per heavy atom. The van der Waals surface area contributed by atoms with Gasteiger partial charge in [-0.05, 0) is 6.07 Å². The summed E-state index contributed by atoms with van der Waals surface area (Å²) in [4.78, 5) is 24.7. The first-order valence-electron chi connectivity index (χ1n) is 4.83. The average molecular weight is 278 g/mol. The Bertz CT molecular complexity index is 434. The van der Waals surface area contributed by atoms with E-state index in [2.05, 4.69) is 0 Å². The summed E-state index contributed by atoms with van der Waals surface area (Å²) in [6.45, 7) is 0.947. The molecule has 86 valence electrons. The summed E-state index contributed by atoms with van der Waals surface area (Å²) in [5.74, 6) is 0.0687. The minimum atomic E-state index is -0.138. The Labute approximate surface area is 107 Å². The molecule has 0 radical (unpaired) electrons. The monoisotopic (exact) mass is 277 g/mol. The van der Waals surface area contributed by atoms with Crippen LogP contribution < -0.4 is 0 Å². The maximum atomic E-state index is 12.0. The van der Waals surface area contributed by atoms with Crippen LogP contribution in [0.1, 0.15) is 23.2 Å². The van der Waals surface area contributed by atoms with Crippen LogP contribution in [0.15, 0.2) is 6.07 Å². The lowest BCUT2D eigenvalue weighted by molar-refractivity contribution is -0.120. The standard InChI is InChI=1S/C10H9Cl2NO2S/c11-8-5-7(9(12)16-8)10(15)13-3-1-6(14)2-4-13/h5H,1-4H2. The number of carbonyl (C=O) groups excluding carboxylic acids is 2. The van der Waals surface area contributed by atoms with Gasteiger partial charge in [-0.3, -0.25) is 9.59 Å². The van der Waals surface area contributed by atoms with Crippen LogP contribution in [-0.4, -0.2) is 29.7 Å². The molecule has 0 atom stereocenters. The van der Waals surface area contributed by atoms with Gasteiger partial charge in [-0.2, -0.15) is 0 Å². The summed E-state index contributed by atoms with van der Waals surface area (Å²) in [6, 6.07) is 1.58. The lowest BCUT2D eigenvalue weighted by Crippen LogP contribution is -2.38. The van der Waals surface area contributed by atoms with Gasteiger partial charge in [0.1, 0.15) is 10.1 Å². The van der Waals surface area contributed by atoms with Crippen LogP contribution in [0.2, 0.25) is 8.67 Å². The molecule has 1 aliphatic heterocycles. The van der Waals surface area contributed by atoms with Gasteiger partial charge in [0.25, 0.3) is 5.91 Å². The van der Waals surface area contributed by atoms with Crippen molar-refractivity contribution in [2.24, 2.45) is 0 Å². The van der Waals surface area contributed by atoms with E-state index in [1.54, 1.807) is 11.0 Å². The lowest BCUT2D eigenvalue weighted by Gasteiger charge is -2.25. The fourth-order valence-corrected chi connectivity index (χ4v) is 3.06. The van der Waals surface area contributed by atoms with E-state index < -0.39 is 0 Å². The predicted molar refractivity (Wildman–Crippen MR) is 64.5 cm³/mol. The predicted octanol–water partition coefficient (Wildman–Crippen LogP) is 2.86. The lowest BCUT2D eigenvalue weighted by atomic mass is 10.1. The second kappa shape index (κ2) is 4.73. The van der Waals surface area contributed by atoms with Crippen molar-refractivity contribution < 1.29 is 9.59 Å². The highest BCUT2D eigenvalue weighted by Crippen LogP contribution is 2.32. The van der Waals surface area contributed by atoms with Crippen molar-refractivity contribution in [3.05, 3.63) is 20.3 Å². The highest BCUT2D eigenvalue weighted by Gasteiger charge is 2.24. The van der Waals surface area contributed by atoms with Crippen molar-refractivity contribution in [1.82, 2.24) is 4.90 Å². The SMILES string of the molecule is O=C1CCN(C(=O)c2cc(Cl)sc2Cl)CC1. The Kier molecular flexibility index (Phi) is 3.52. The summed E-state index contributed by atoms with van der Waals surface area (Å²) >= 11 is 12.9. The highest BCUT2D eigenvalue weighted by molar-refractivity contribution is 7.20. The number of halogens is 2. The second-order valence-electron chi connectivity index (χ2n) is 3.57. The first-order chi connectivity index (χ1) is 7.58. The van der Waals surface area contributed by atoms with Gasteiger partial charge in [0.2, 0.25) is 0 Å². The molecule has 1 aliphatic rings. The molecular weight excluding hydrogens is 269 g/mol. The molecular formula is C10H9Cl2NO2S. The van der Waals surface area contributed by atoms with E-state index in [1.807, 2.05) is 0 Å². The minimum absolute atomic E-state index is 0.138. The van der Waals surface area contributed by atoms with Gasteiger partial charge >= 0.3 is 0 Å². The molecule has 0 aromatic carbocycles. The first kappa shape index (κ1) is 11.9. The van der Waals surface area contributed by atoms with Crippen molar-refractivity contribution in [2.45, 2.75) is 12.8 Å². The number of carbonyl (C=O) groups is 2. The van der Waals surface area contributed by atoms with Crippen LogP contribution in [0, 0.1) is 0 Å². The maximum Gasteiger partial charge on any atom is 0.256 e. The van der Waals surface area contributed by atoms with Gasteiger partial charge in [-0.1, -0.05) is 23.2 Å². The van der Waals surface area contributed by atoms with Gasteiger partial charge in [0, 0.05) is 25.9 Å². The molecule has 1 saturated heterocycles. The largest absolute Gasteiger partial charge is 0.338 e. The van der Waals surface area contributed by atoms with Crippen molar-refractivity contribution in [2.75, 3.05) is 13.1 Å². The molecule has 2 rings (SSSR count). The van der Waals surface area contributed by atoms with Crippen LogP contribution in [0.3, 0.4) is 0 Å². The highest BCUT2D eigenvalue weighted by atomic mass is 35.5. The first-order valence-corrected chi connectivity index (χ1v) is 6.41. The van der Waals surface area contributed by atoms with E-state index in [-0.39, 0.29) is 11.7 Å². The van der Waals surface area contributed by atoms with Crippen LogP contribution in [-0.2, 0) is 4.79 Å². The Balaban J connectivity index is 2.13. The number of hydrogen-bond acceptors (Lipinski definition) is 3. The number of piperidine rings is 1. The van der Waals surface area contributed by atoms with E-state index in [0.717, 1.165) is 0 Å². The number of rotatable bonds is 1. The molecule has 1 fully saturated rings. The number of ketones is 1. The second-order valence-corrected chi connectivity index (χ2v) is 5.85. The Morgan fingerprint density at radius 3 is 2.44 bits per heavy atom. The van der Waals surface area contributed by atoms with Crippen molar-refractivity contribution >= 4 is 46.2 Å². The molecule has 0 spiro atoms. The van der Waals surface area contributed by atoms with Crippen LogP contribution in [0.5, 0.6) is 0 Å². The molecule has 0 unspecified atom stereocenters. The van der Waals surface area contributed by atoms with Crippen LogP contribution >= 0.6 is 34.5 Å². The maximum absolute atomic E-state index is 12.0. The number of nitrogens with zero attached hydrogens (tertiary/aromatic N) is 1. The quantitative estimate of drug-likeness (QED) is 0.792. The van der Waals surface area contributed by atoms with Gasteiger partial charge in [-0.25, -0.2) is 0 Å². The Hall–Kier alpha value is -0.580. The smallest absolute Gasteiger partial charge is 0.256 e. The number of hydrogen-bond donors (Lipinski definition) is 0. The topological polar surface area (TPSA) is 37.4 Å². The van der Waals surface area contributed by atoms with Crippen molar-refractivity contribution in [3.8, 4) is 0 Å². The summed E-state index contributed by atoms with van der Waals surface area (Å²) < 4.78 is 0.910. The molecule has 3 nitrogen and oxygen atoms in total. The zero-order valence-electron chi connectivity index (χ0n) is 8.33. The van der Waals surface area contributed by atoms with E-state index in [9.17, 15) is 9.59 Å². The number of thiophene rings is 1. The third kappa shape index (κ3) is 2.39. The van der Waals surface area contributed by atoms with Gasteiger partial charge in [0.05, 0.1) is 9.90 Å². The molecule has 0 bridgehead atoms. The number of amides is 1. The minimum Gasteiger partial charge on any atom is -0.338 e. The molecule has 0 aliphatic carbocycles.